The molecule has 1 atom stereocenters. The second-order valence-corrected chi connectivity index (χ2v) is 7.61. The van der Waals surface area contributed by atoms with E-state index in [9.17, 15) is 0 Å². The van der Waals surface area contributed by atoms with E-state index in [1.165, 1.54) is 12.1 Å². The van der Waals surface area contributed by atoms with Gasteiger partial charge in [0.2, 0.25) is 0 Å². The van der Waals surface area contributed by atoms with Crippen molar-refractivity contribution in [2.24, 2.45) is 0 Å². The highest BCUT2D eigenvalue weighted by molar-refractivity contribution is 6.59. The molecule has 0 spiro atoms. The summed E-state index contributed by atoms with van der Waals surface area (Å²) < 4.78 is 11.0. The predicted octanol–water partition coefficient (Wildman–Crippen LogP) is 2.40. The van der Waals surface area contributed by atoms with Crippen LogP contribution >= 0.6 is 0 Å². The zero-order valence-electron chi connectivity index (χ0n) is 9.79. The van der Waals surface area contributed by atoms with Crippen molar-refractivity contribution < 1.29 is 9.47 Å². The van der Waals surface area contributed by atoms with E-state index < -0.39 is 8.80 Å². The molecule has 0 aromatic carbocycles. The van der Waals surface area contributed by atoms with E-state index in [1.807, 2.05) is 0 Å². The smallest absolute Gasteiger partial charge is 0.0708 e. The Balaban J connectivity index is 3.41. The van der Waals surface area contributed by atoms with Crippen molar-refractivity contribution in [3.05, 3.63) is 12.7 Å². The molecule has 0 heterocycles. The third-order valence-corrected chi connectivity index (χ3v) is 6.17. The molecule has 1 unspecified atom stereocenters. The van der Waals surface area contributed by atoms with Crippen molar-refractivity contribution in [3.8, 4) is 0 Å². The van der Waals surface area contributed by atoms with E-state index in [0.717, 1.165) is 6.61 Å². The summed E-state index contributed by atoms with van der Waals surface area (Å²) in [6.45, 7) is 12.4. The van der Waals surface area contributed by atoms with Gasteiger partial charge in [0.25, 0.3) is 0 Å². The van der Waals surface area contributed by atoms with Crippen LogP contribution in [0.3, 0.4) is 0 Å². The van der Waals surface area contributed by atoms with Crippen LogP contribution in [-0.2, 0) is 9.47 Å². The van der Waals surface area contributed by atoms with E-state index in [1.54, 1.807) is 6.08 Å². The molecule has 0 rings (SSSR count). The lowest BCUT2D eigenvalue weighted by molar-refractivity contribution is 0.0469. The summed E-state index contributed by atoms with van der Waals surface area (Å²) >= 11 is 0. The first-order valence-corrected chi connectivity index (χ1v) is 7.86. The van der Waals surface area contributed by atoms with Crippen LogP contribution in [0.1, 0.15) is 20.8 Å². The zero-order valence-corrected chi connectivity index (χ0v) is 10.9. The second kappa shape index (κ2) is 9.43. The number of rotatable bonds is 9. The highest BCUT2D eigenvalue weighted by Crippen LogP contribution is 2.06. The molecule has 0 aromatic heterocycles. The van der Waals surface area contributed by atoms with Crippen molar-refractivity contribution >= 4 is 8.80 Å². The molecule has 0 aliphatic heterocycles. The first-order chi connectivity index (χ1) is 6.76. The molecule has 0 saturated heterocycles. The van der Waals surface area contributed by atoms with Crippen LogP contribution in [0, 0.1) is 0 Å². The average Bonchev–Trinajstić information content (AvgIpc) is 2.19. The molecule has 0 aromatic rings. The summed E-state index contributed by atoms with van der Waals surface area (Å²) in [5.41, 5.74) is 0.484. The Morgan fingerprint density at radius 3 is 2.43 bits per heavy atom. The van der Waals surface area contributed by atoms with Gasteiger partial charge in [-0.3, -0.25) is 0 Å². The molecule has 0 fully saturated rings. The van der Waals surface area contributed by atoms with Crippen molar-refractivity contribution in [1.82, 2.24) is 0 Å². The van der Waals surface area contributed by atoms with Gasteiger partial charge in [-0.25, -0.2) is 0 Å². The molecule has 0 N–H and O–H groups in total. The largest absolute Gasteiger partial charge is 0.380 e. The molecular formula is C11H24O2Si. The van der Waals surface area contributed by atoms with Crippen molar-refractivity contribution in [1.29, 1.82) is 0 Å². The molecule has 2 nitrogen and oxygen atoms in total. The van der Waals surface area contributed by atoms with Gasteiger partial charge in [0.1, 0.15) is 0 Å². The minimum absolute atomic E-state index is 0.484. The molecule has 0 aliphatic carbocycles. The lowest BCUT2D eigenvalue weighted by Crippen LogP contribution is -2.30. The minimum atomic E-state index is -0.643. The summed E-state index contributed by atoms with van der Waals surface area (Å²) in [6.07, 6.45) is 1.76. The Bertz CT molecular complexity index is 135. The van der Waals surface area contributed by atoms with E-state index in [4.69, 9.17) is 9.47 Å². The monoisotopic (exact) mass is 216 g/mol. The van der Waals surface area contributed by atoms with Gasteiger partial charge >= 0.3 is 0 Å². The van der Waals surface area contributed by atoms with Crippen LogP contribution in [0.2, 0.25) is 12.1 Å². The van der Waals surface area contributed by atoms with Crippen molar-refractivity contribution in [2.45, 2.75) is 38.6 Å². The molecule has 0 bridgehead atoms. The highest BCUT2D eigenvalue weighted by Gasteiger charge is 2.14. The molecule has 0 amide bonds. The van der Waals surface area contributed by atoms with Crippen LogP contribution in [0.15, 0.2) is 12.7 Å². The van der Waals surface area contributed by atoms with Gasteiger partial charge in [0.15, 0.2) is 0 Å². The van der Waals surface area contributed by atoms with E-state index in [2.05, 4.69) is 27.4 Å². The molecule has 84 valence electrons. The SMILES string of the molecule is C=CCOCCOC(C)[SiH](CC)CC. The van der Waals surface area contributed by atoms with Gasteiger partial charge in [0.05, 0.1) is 28.6 Å². The third-order valence-electron chi connectivity index (χ3n) is 2.56. The normalized spacial score (nSPS) is 13.1. The molecule has 0 saturated carbocycles. The molecule has 14 heavy (non-hydrogen) atoms. The van der Waals surface area contributed by atoms with Crippen LogP contribution in [0.4, 0.5) is 0 Å². The summed E-state index contributed by atoms with van der Waals surface area (Å²) in [5.74, 6) is 0. The predicted molar refractivity (Wildman–Crippen MR) is 64.5 cm³/mol. The van der Waals surface area contributed by atoms with Crippen LogP contribution in [0.5, 0.6) is 0 Å². The molecular weight excluding hydrogens is 192 g/mol. The Hall–Kier alpha value is -0.123. The van der Waals surface area contributed by atoms with Crippen LogP contribution in [0.25, 0.3) is 0 Å². The van der Waals surface area contributed by atoms with Gasteiger partial charge in [0, 0.05) is 5.73 Å². The number of hydrogen-bond donors (Lipinski definition) is 0. The average molecular weight is 216 g/mol. The number of ether oxygens (including phenoxy) is 2. The van der Waals surface area contributed by atoms with Crippen LogP contribution < -0.4 is 0 Å². The van der Waals surface area contributed by atoms with Gasteiger partial charge in [-0.1, -0.05) is 32.0 Å². The van der Waals surface area contributed by atoms with Gasteiger partial charge in [-0.15, -0.1) is 6.58 Å². The maximum atomic E-state index is 5.73. The number of hydrogen-bond acceptors (Lipinski definition) is 2. The fourth-order valence-electron chi connectivity index (χ4n) is 1.55. The molecule has 3 heteroatoms. The second-order valence-electron chi connectivity index (χ2n) is 3.52. The topological polar surface area (TPSA) is 18.5 Å². The zero-order chi connectivity index (χ0) is 10.8. The highest BCUT2D eigenvalue weighted by atomic mass is 28.3. The fourth-order valence-corrected chi connectivity index (χ4v) is 3.86. The third kappa shape index (κ3) is 6.35. The van der Waals surface area contributed by atoms with Crippen LogP contribution in [-0.4, -0.2) is 34.3 Å². The minimum Gasteiger partial charge on any atom is -0.380 e. The van der Waals surface area contributed by atoms with E-state index in [0.29, 0.717) is 18.9 Å². The van der Waals surface area contributed by atoms with Gasteiger partial charge in [-0.05, 0) is 6.92 Å². The Morgan fingerprint density at radius 1 is 1.29 bits per heavy atom. The molecule has 0 aliphatic rings. The summed E-state index contributed by atoms with van der Waals surface area (Å²) in [4.78, 5) is 0. The molecule has 0 radical (unpaired) electrons. The maximum Gasteiger partial charge on any atom is 0.0708 e. The van der Waals surface area contributed by atoms with Crippen molar-refractivity contribution in [2.75, 3.05) is 19.8 Å². The summed E-state index contributed by atoms with van der Waals surface area (Å²) in [5, 5.41) is 0. The quantitative estimate of drug-likeness (QED) is 0.335. The van der Waals surface area contributed by atoms with E-state index >= 15 is 0 Å². The Kier molecular flexibility index (Phi) is 9.35. The fraction of sp³-hybridized carbons (Fsp3) is 0.818. The maximum absolute atomic E-state index is 5.73. The summed E-state index contributed by atoms with van der Waals surface area (Å²) in [6, 6.07) is 2.65. The standard InChI is InChI=1S/C11H24O2Si/c1-5-8-12-9-10-13-11(4)14(6-2)7-3/h5,11,14H,1,6-10H2,2-4H3. The van der Waals surface area contributed by atoms with E-state index in [-0.39, 0.29) is 0 Å². The first-order valence-electron chi connectivity index (χ1n) is 5.56. The summed E-state index contributed by atoms with van der Waals surface area (Å²) in [7, 11) is -0.643. The first kappa shape index (κ1) is 13.9. The Labute approximate surface area is 89.9 Å². The lowest BCUT2D eigenvalue weighted by atomic mass is 10.7. The van der Waals surface area contributed by atoms with Gasteiger partial charge < -0.3 is 9.47 Å². The van der Waals surface area contributed by atoms with Gasteiger partial charge in [-0.2, -0.15) is 0 Å². The Morgan fingerprint density at radius 2 is 1.93 bits per heavy atom. The van der Waals surface area contributed by atoms with Crippen molar-refractivity contribution in [3.63, 3.8) is 0 Å². The lowest BCUT2D eigenvalue weighted by Gasteiger charge is -2.20.